The van der Waals surface area contributed by atoms with Crippen LogP contribution >= 0.6 is 0 Å². The van der Waals surface area contributed by atoms with Crippen LogP contribution in [-0.4, -0.2) is 31.3 Å². The number of nitrogens with zero attached hydrogens (tertiary/aromatic N) is 1. The third kappa shape index (κ3) is 4.50. The zero-order chi connectivity index (χ0) is 20.4. The van der Waals surface area contributed by atoms with Gasteiger partial charge in [-0.25, -0.2) is 22.7 Å². The number of primary sulfonamides is 1. The van der Waals surface area contributed by atoms with Crippen LogP contribution in [0.15, 0.2) is 41.8 Å². The number of carbonyl (C=O) groups is 2. The Bertz CT molecular complexity index is 1020. The molecule has 0 saturated carbocycles. The number of ketones is 1. The highest BCUT2D eigenvalue weighted by Crippen LogP contribution is 2.18. The molecule has 27 heavy (non-hydrogen) atoms. The van der Waals surface area contributed by atoms with E-state index in [-0.39, 0.29) is 0 Å². The lowest BCUT2D eigenvalue weighted by molar-refractivity contribution is 0.0469. The minimum Gasteiger partial charge on any atom is -0.454 e. The number of Topliss-reactive ketones (excluding diaryl/α,β-unsaturated/α-hetero) is 1. The van der Waals surface area contributed by atoms with E-state index in [2.05, 4.69) is 6.58 Å². The maximum atomic E-state index is 13.8. The predicted octanol–water partition coefficient (Wildman–Crippen LogP) is 2.12. The van der Waals surface area contributed by atoms with Crippen LogP contribution in [0.4, 0.5) is 4.39 Å². The molecule has 0 amide bonds. The molecule has 7 nitrogen and oxygen atoms in total. The van der Waals surface area contributed by atoms with E-state index in [1.54, 1.807) is 19.1 Å². The summed E-state index contributed by atoms with van der Waals surface area (Å²) in [4.78, 5) is 24.0. The number of halogens is 1. The molecule has 0 unspecified atom stereocenters. The van der Waals surface area contributed by atoms with E-state index in [4.69, 9.17) is 9.88 Å². The smallest absolute Gasteiger partial charge is 0.341 e. The highest BCUT2D eigenvalue weighted by atomic mass is 32.2. The van der Waals surface area contributed by atoms with Gasteiger partial charge in [-0.2, -0.15) is 0 Å². The zero-order valence-corrected chi connectivity index (χ0v) is 15.7. The van der Waals surface area contributed by atoms with Crippen molar-refractivity contribution in [2.24, 2.45) is 5.14 Å². The molecule has 2 rings (SSSR count). The summed E-state index contributed by atoms with van der Waals surface area (Å²) < 4.78 is 43.2. The number of aryl methyl sites for hydroxylation is 1. The number of ether oxygens (including phenoxy) is 1. The monoisotopic (exact) mass is 394 g/mol. The predicted molar refractivity (Wildman–Crippen MR) is 96.5 cm³/mol. The Morgan fingerprint density at radius 3 is 2.52 bits per heavy atom. The van der Waals surface area contributed by atoms with Gasteiger partial charge in [-0.1, -0.05) is 6.08 Å². The number of carbonyl (C=O) groups excluding carboxylic acids is 2. The second-order valence-corrected chi connectivity index (χ2v) is 7.43. The van der Waals surface area contributed by atoms with E-state index in [9.17, 15) is 22.4 Å². The molecule has 2 N–H and O–H groups in total. The number of nitrogens with two attached hydrogens (primary N) is 1. The molecule has 1 heterocycles. The number of rotatable bonds is 7. The summed E-state index contributed by atoms with van der Waals surface area (Å²) in [5.41, 5.74) is 1.29. The largest absolute Gasteiger partial charge is 0.454 e. The molecule has 0 aliphatic heterocycles. The van der Waals surface area contributed by atoms with Crippen LogP contribution < -0.4 is 5.14 Å². The van der Waals surface area contributed by atoms with E-state index in [1.165, 1.54) is 0 Å². The fourth-order valence-electron chi connectivity index (χ4n) is 2.62. The standard InChI is InChI=1S/C18H19FN2O5S/c1-4-7-21-11(2)8-14(12(21)3)17(22)10-26-18(23)15-9-13(27(20,24)25)5-6-16(15)19/h4-6,8-9H,1,7,10H2,2-3H3,(H2,20,24,25). The Morgan fingerprint density at radius 2 is 1.93 bits per heavy atom. The third-order valence-electron chi connectivity index (χ3n) is 4.01. The van der Waals surface area contributed by atoms with Gasteiger partial charge in [-0.15, -0.1) is 6.58 Å². The molecule has 0 aliphatic carbocycles. The number of hydrogen-bond acceptors (Lipinski definition) is 5. The molecule has 0 aliphatic rings. The van der Waals surface area contributed by atoms with Crippen molar-refractivity contribution in [3.8, 4) is 0 Å². The summed E-state index contributed by atoms with van der Waals surface area (Å²) in [6.45, 7) is 7.14. The third-order valence-corrected chi connectivity index (χ3v) is 4.92. The summed E-state index contributed by atoms with van der Waals surface area (Å²) in [6, 6.07) is 4.16. The number of sulfonamides is 1. The minimum absolute atomic E-state index is 0.376. The van der Waals surface area contributed by atoms with Gasteiger partial charge in [0.1, 0.15) is 5.82 Å². The first-order valence-electron chi connectivity index (χ1n) is 7.86. The first-order valence-corrected chi connectivity index (χ1v) is 9.41. The van der Waals surface area contributed by atoms with Crippen molar-refractivity contribution in [3.05, 3.63) is 65.3 Å². The maximum absolute atomic E-state index is 13.8. The van der Waals surface area contributed by atoms with Crippen molar-refractivity contribution in [3.63, 3.8) is 0 Å². The van der Waals surface area contributed by atoms with Gasteiger partial charge < -0.3 is 9.30 Å². The number of hydrogen-bond donors (Lipinski definition) is 1. The topological polar surface area (TPSA) is 108 Å². The number of aromatic nitrogens is 1. The summed E-state index contributed by atoms with van der Waals surface area (Å²) in [5, 5.41) is 4.97. The Kier molecular flexibility index (Phi) is 5.97. The zero-order valence-electron chi connectivity index (χ0n) is 14.9. The maximum Gasteiger partial charge on any atom is 0.341 e. The van der Waals surface area contributed by atoms with Crippen LogP contribution in [0.1, 0.15) is 32.1 Å². The number of esters is 1. The summed E-state index contributed by atoms with van der Waals surface area (Å²) in [5.74, 6) is -2.61. The first-order chi connectivity index (χ1) is 12.6. The van der Waals surface area contributed by atoms with Gasteiger partial charge >= 0.3 is 5.97 Å². The lowest BCUT2D eigenvalue weighted by Crippen LogP contribution is -2.17. The quantitative estimate of drug-likeness (QED) is 0.440. The Hall–Kier alpha value is -2.78. The van der Waals surface area contributed by atoms with E-state index in [0.29, 0.717) is 17.8 Å². The first kappa shape index (κ1) is 20.5. The Morgan fingerprint density at radius 1 is 1.26 bits per heavy atom. The van der Waals surface area contributed by atoms with E-state index in [0.717, 1.165) is 23.9 Å². The second kappa shape index (κ2) is 7.85. The average molecular weight is 394 g/mol. The summed E-state index contributed by atoms with van der Waals surface area (Å²) in [7, 11) is -4.12. The van der Waals surface area contributed by atoms with Crippen molar-refractivity contribution >= 4 is 21.8 Å². The van der Waals surface area contributed by atoms with Gasteiger partial charge in [0.2, 0.25) is 15.8 Å². The van der Waals surface area contributed by atoms with Crippen molar-refractivity contribution in [1.82, 2.24) is 4.57 Å². The minimum atomic E-state index is -4.12. The molecule has 2 aromatic rings. The van der Waals surface area contributed by atoms with Crippen molar-refractivity contribution in [2.45, 2.75) is 25.3 Å². The molecule has 0 bridgehead atoms. The van der Waals surface area contributed by atoms with Gasteiger partial charge in [0.25, 0.3) is 0 Å². The highest BCUT2D eigenvalue weighted by Gasteiger charge is 2.21. The average Bonchev–Trinajstić information content (AvgIpc) is 2.87. The van der Waals surface area contributed by atoms with Crippen LogP contribution in [0, 0.1) is 19.7 Å². The van der Waals surface area contributed by atoms with Crippen molar-refractivity contribution in [1.29, 1.82) is 0 Å². The van der Waals surface area contributed by atoms with Crippen molar-refractivity contribution < 1.29 is 27.1 Å². The van der Waals surface area contributed by atoms with Crippen molar-refractivity contribution in [2.75, 3.05) is 6.61 Å². The van der Waals surface area contributed by atoms with Crippen LogP contribution in [0.2, 0.25) is 0 Å². The van der Waals surface area contributed by atoms with E-state index in [1.807, 2.05) is 11.5 Å². The normalized spacial score (nSPS) is 11.3. The molecule has 0 atom stereocenters. The van der Waals surface area contributed by atoms with Gasteiger partial charge in [-0.05, 0) is 38.1 Å². The number of benzene rings is 1. The summed E-state index contributed by atoms with van der Waals surface area (Å²) in [6.07, 6.45) is 1.69. The van der Waals surface area contributed by atoms with Gasteiger partial charge in [-0.3, -0.25) is 4.79 Å². The molecular formula is C18H19FN2O5S. The number of allylic oxidation sites excluding steroid dienone is 1. The molecule has 0 radical (unpaired) electrons. The molecule has 144 valence electrons. The second-order valence-electron chi connectivity index (χ2n) is 5.87. The lowest BCUT2D eigenvalue weighted by atomic mass is 10.1. The molecule has 0 saturated heterocycles. The molecule has 0 spiro atoms. The SMILES string of the molecule is C=CCn1c(C)cc(C(=O)COC(=O)c2cc(S(N)(=O)=O)ccc2F)c1C. The van der Waals surface area contributed by atoms with Gasteiger partial charge in [0.15, 0.2) is 6.61 Å². The van der Waals surface area contributed by atoms with Crippen LogP contribution in [-0.2, 0) is 21.3 Å². The summed E-state index contributed by atoms with van der Waals surface area (Å²) >= 11 is 0. The Labute approximate surface area is 156 Å². The van der Waals surface area contributed by atoms with Crippen LogP contribution in [0.3, 0.4) is 0 Å². The molecule has 1 aromatic carbocycles. The Balaban J connectivity index is 2.18. The van der Waals surface area contributed by atoms with Gasteiger partial charge in [0, 0.05) is 23.5 Å². The van der Waals surface area contributed by atoms with Gasteiger partial charge in [0.05, 0.1) is 10.5 Å². The molecule has 0 fully saturated rings. The fourth-order valence-corrected chi connectivity index (χ4v) is 3.16. The molecule has 9 heteroatoms. The molecule has 1 aromatic heterocycles. The lowest BCUT2D eigenvalue weighted by Gasteiger charge is -2.08. The van der Waals surface area contributed by atoms with E-state index < -0.39 is 44.7 Å². The molecular weight excluding hydrogens is 375 g/mol. The van der Waals surface area contributed by atoms with Crippen LogP contribution in [0.25, 0.3) is 0 Å². The van der Waals surface area contributed by atoms with E-state index >= 15 is 0 Å². The fraction of sp³-hybridized carbons (Fsp3) is 0.222. The highest BCUT2D eigenvalue weighted by molar-refractivity contribution is 7.89. The van der Waals surface area contributed by atoms with Crippen LogP contribution in [0.5, 0.6) is 0 Å².